The highest BCUT2D eigenvalue weighted by atomic mass is 16.1. The molecule has 0 radical (unpaired) electrons. The van der Waals surface area contributed by atoms with Gasteiger partial charge in [0.1, 0.15) is 0 Å². The average Bonchev–Trinajstić information content (AvgIpc) is 2.80. The van der Waals surface area contributed by atoms with Crippen LogP contribution in [0, 0.1) is 27.7 Å². The minimum absolute atomic E-state index is 0.00292. The molecule has 0 aliphatic carbocycles. The zero-order chi connectivity index (χ0) is 18.6. The molecule has 25 heavy (non-hydrogen) atoms. The maximum atomic E-state index is 12.3. The van der Waals surface area contributed by atoms with Gasteiger partial charge in [0, 0.05) is 35.2 Å². The first kappa shape index (κ1) is 19.1. The van der Waals surface area contributed by atoms with Crippen molar-refractivity contribution in [1.82, 2.24) is 30.4 Å². The topological polar surface area (TPSA) is 84.7 Å². The van der Waals surface area contributed by atoms with Gasteiger partial charge in [-0.25, -0.2) is 14.6 Å². The van der Waals surface area contributed by atoms with E-state index in [4.69, 9.17) is 0 Å². The van der Waals surface area contributed by atoms with Crippen molar-refractivity contribution in [3.8, 4) is 5.95 Å². The molecule has 0 aliphatic heterocycles. The van der Waals surface area contributed by atoms with Crippen LogP contribution in [0.4, 0.5) is 0 Å². The summed E-state index contributed by atoms with van der Waals surface area (Å²) < 4.78 is 1.72. The Balaban J connectivity index is 2.15. The predicted octanol–water partition coefficient (Wildman–Crippen LogP) is 1.55. The van der Waals surface area contributed by atoms with Crippen molar-refractivity contribution < 1.29 is 4.79 Å². The summed E-state index contributed by atoms with van der Waals surface area (Å²) in [6, 6.07) is 2.18. The molecule has 0 unspecified atom stereocenters. The molecule has 7 heteroatoms. The van der Waals surface area contributed by atoms with E-state index in [0.717, 1.165) is 34.9 Å². The number of carbonyl (C=O) groups excluding carboxylic acids is 1. The second kappa shape index (κ2) is 8.20. The van der Waals surface area contributed by atoms with Crippen LogP contribution in [0.15, 0.2) is 6.07 Å². The SMILES string of the molecule is CCN[C@H](C)CNC(=O)Cc1c(C)nn(-c2nc(C)cc(C)n2)c1C. The van der Waals surface area contributed by atoms with E-state index in [2.05, 4.69) is 39.5 Å². The van der Waals surface area contributed by atoms with Crippen molar-refractivity contribution in [3.05, 3.63) is 34.4 Å². The molecule has 0 aromatic carbocycles. The molecule has 0 fully saturated rings. The van der Waals surface area contributed by atoms with Crippen LogP contribution < -0.4 is 10.6 Å². The van der Waals surface area contributed by atoms with E-state index in [1.54, 1.807) is 4.68 Å². The molecule has 0 saturated carbocycles. The monoisotopic (exact) mass is 344 g/mol. The second-order valence-corrected chi connectivity index (χ2v) is 6.45. The first-order valence-electron chi connectivity index (χ1n) is 8.69. The number of aryl methyl sites for hydroxylation is 3. The van der Waals surface area contributed by atoms with Crippen molar-refractivity contribution in [3.63, 3.8) is 0 Å². The normalized spacial score (nSPS) is 12.2. The van der Waals surface area contributed by atoms with E-state index in [1.165, 1.54) is 0 Å². The first-order chi connectivity index (χ1) is 11.8. The molecule has 7 nitrogen and oxygen atoms in total. The summed E-state index contributed by atoms with van der Waals surface area (Å²) in [5, 5.41) is 10.8. The first-order valence-corrected chi connectivity index (χ1v) is 8.69. The van der Waals surface area contributed by atoms with Crippen LogP contribution in [0.2, 0.25) is 0 Å². The Morgan fingerprint density at radius 3 is 2.44 bits per heavy atom. The minimum atomic E-state index is -0.00292. The third-order valence-corrected chi connectivity index (χ3v) is 4.10. The van der Waals surface area contributed by atoms with Gasteiger partial charge in [-0.15, -0.1) is 0 Å². The molecule has 2 aromatic heterocycles. The number of nitrogens with one attached hydrogen (secondary N) is 2. The van der Waals surface area contributed by atoms with Crippen molar-refractivity contribution in [2.75, 3.05) is 13.1 Å². The highest BCUT2D eigenvalue weighted by Gasteiger charge is 2.17. The quantitative estimate of drug-likeness (QED) is 0.796. The molecule has 2 rings (SSSR count). The van der Waals surface area contributed by atoms with Gasteiger partial charge < -0.3 is 10.6 Å². The molecule has 0 aliphatic rings. The van der Waals surface area contributed by atoms with Crippen molar-refractivity contribution >= 4 is 5.91 Å². The van der Waals surface area contributed by atoms with Gasteiger partial charge in [-0.1, -0.05) is 6.92 Å². The van der Waals surface area contributed by atoms with Gasteiger partial charge in [-0.3, -0.25) is 4.79 Å². The van der Waals surface area contributed by atoms with E-state index in [9.17, 15) is 4.79 Å². The molecule has 136 valence electrons. The van der Waals surface area contributed by atoms with Crippen molar-refractivity contribution in [1.29, 1.82) is 0 Å². The zero-order valence-corrected chi connectivity index (χ0v) is 16.0. The van der Waals surface area contributed by atoms with Crippen LogP contribution in [-0.4, -0.2) is 44.8 Å². The van der Waals surface area contributed by atoms with Gasteiger partial charge in [-0.05, 0) is 47.2 Å². The highest BCUT2D eigenvalue weighted by molar-refractivity contribution is 5.79. The molecule has 1 amide bonds. The second-order valence-electron chi connectivity index (χ2n) is 6.45. The predicted molar refractivity (Wildman–Crippen MR) is 98.0 cm³/mol. The van der Waals surface area contributed by atoms with Gasteiger partial charge in [0.2, 0.25) is 5.91 Å². The largest absolute Gasteiger partial charge is 0.354 e. The zero-order valence-electron chi connectivity index (χ0n) is 16.0. The molecule has 0 saturated heterocycles. The minimum Gasteiger partial charge on any atom is -0.354 e. The van der Waals surface area contributed by atoms with Gasteiger partial charge >= 0.3 is 0 Å². The summed E-state index contributed by atoms with van der Waals surface area (Å²) in [6.45, 7) is 13.3. The number of hydrogen-bond donors (Lipinski definition) is 2. The Morgan fingerprint density at radius 1 is 1.20 bits per heavy atom. The Morgan fingerprint density at radius 2 is 1.84 bits per heavy atom. The fourth-order valence-corrected chi connectivity index (χ4v) is 2.84. The third-order valence-electron chi connectivity index (χ3n) is 4.10. The summed E-state index contributed by atoms with van der Waals surface area (Å²) in [4.78, 5) is 21.2. The summed E-state index contributed by atoms with van der Waals surface area (Å²) in [5.74, 6) is 0.544. The van der Waals surface area contributed by atoms with Crippen LogP contribution in [0.5, 0.6) is 0 Å². The Labute approximate surface area is 149 Å². The smallest absolute Gasteiger partial charge is 0.251 e. The van der Waals surface area contributed by atoms with Crippen molar-refractivity contribution in [2.45, 2.75) is 54.0 Å². The van der Waals surface area contributed by atoms with Gasteiger partial charge in [0.05, 0.1) is 12.1 Å². The summed E-state index contributed by atoms with van der Waals surface area (Å²) >= 11 is 0. The van der Waals surface area contributed by atoms with Crippen LogP contribution in [0.25, 0.3) is 5.95 Å². The Bertz CT molecular complexity index is 732. The van der Waals surface area contributed by atoms with E-state index in [0.29, 0.717) is 18.9 Å². The molecule has 0 bridgehead atoms. The summed E-state index contributed by atoms with van der Waals surface area (Å²) in [7, 11) is 0. The Hall–Kier alpha value is -2.28. The highest BCUT2D eigenvalue weighted by Crippen LogP contribution is 2.17. The van der Waals surface area contributed by atoms with Crippen LogP contribution in [-0.2, 0) is 11.2 Å². The molecular weight excluding hydrogens is 316 g/mol. The Kier molecular flexibility index (Phi) is 6.25. The van der Waals surface area contributed by atoms with E-state index >= 15 is 0 Å². The van der Waals surface area contributed by atoms with E-state index in [1.807, 2.05) is 33.8 Å². The number of hydrogen-bond acceptors (Lipinski definition) is 5. The lowest BCUT2D eigenvalue weighted by Crippen LogP contribution is -2.39. The van der Waals surface area contributed by atoms with Gasteiger partial charge in [0.25, 0.3) is 5.95 Å². The molecule has 2 N–H and O–H groups in total. The maximum Gasteiger partial charge on any atom is 0.251 e. The van der Waals surface area contributed by atoms with Gasteiger partial charge in [0.15, 0.2) is 0 Å². The number of aromatic nitrogens is 4. The van der Waals surface area contributed by atoms with Crippen LogP contribution in [0.3, 0.4) is 0 Å². The summed E-state index contributed by atoms with van der Waals surface area (Å²) in [6.07, 6.45) is 0.307. The third kappa shape index (κ3) is 4.85. The number of likely N-dealkylation sites (N-methyl/N-ethyl adjacent to an activating group) is 1. The molecule has 1 atom stereocenters. The number of nitrogens with zero attached hydrogens (tertiary/aromatic N) is 4. The average molecular weight is 344 g/mol. The lowest BCUT2D eigenvalue weighted by Gasteiger charge is -2.13. The fraction of sp³-hybridized carbons (Fsp3) is 0.556. The number of amides is 1. The molecule has 0 spiro atoms. The van der Waals surface area contributed by atoms with Crippen molar-refractivity contribution in [2.24, 2.45) is 0 Å². The summed E-state index contributed by atoms with van der Waals surface area (Å²) in [5.41, 5.74) is 4.45. The number of carbonyl (C=O) groups is 1. The standard InChI is InChI=1S/C18H28N6O/c1-7-19-13(4)10-20-17(25)9-16-14(5)23-24(15(16)6)18-21-11(2)8-12(3)22-18/h8,13,19H,7,9-10H2,1-6H3,(H,20,25)/t13-/m1/s1. The number of rotatable bonds is 7. The van der Waals surface area contributed by atoms with Crippen LogP contribution >= 0.6 is 0 Å². The lowest BCUT2D eigenvalue weighted by molar-refractivity contribution is -0.120. The molecule has 2 aromatic rings. The van der Waals surface area contributed by atoms with E-state index < -0.39 is 0 Å². The molecule has 2 heterocycles. The molecular formula is C18H28N6O. The fourth-order valence-electron chi connectivity index (χ4n) is 2.84. The van der Waals surface area contributed by atoms with E-state index in [-0.39, 0.29) is 11.9 Å². The lowest BCUT2D eigenvalue weighted by atomic mass is 10.1. The maximum absolute atomic E-state index is 12.3. The van der Waals surface area contributed by atoms with Crippen LogP contribution in [0.1, 0.15) is 42.2 Å². The van der Waals surface area contributed by atoms with Gasteiger partial charge in [-0.2, -0.15) is 5.10 Å².